The monoisotopic (exact) mass is 170 g/mol. The van der Waals surface area contributed by atoms with E-state index in [0.717, 1.165) is 0 Å². The highest BCUT2D eigenvalue weighted by Crippen LogP contribution is 1.92. The van der Waals surface area contributed by atoms with Gasteiger partial charge in [0.05, 0.1) is 0 Å². The minimum Gasteiger partial charge on any atom is -0.388 e. The minimum absolute atomic E-state index is 0.202. The molecule has 0 aromatic carbocycles. The summed E-state index contributed by atoms with van der Waals surface area (Å²) >= 11 is 0. The van der Waals surface area contributed by atoms with Gasteiger partial charge in [-0.1, -0.05) is 0 Å². The highest BCUT2D eigenvalue weighted by Gasteiger charge is 2.13. The lowest BCUT2D eigenvalue weighted by Gasteiger charge is -1.84. The number of primary amides is 1. The lowest BCUT2D eigenvalue weighted by Crippen LogP contribution is -2.13. The van der Waals surface area contributed by atoms with E-state index in [0.29, 0.717) is 0 Å². The molecule has 1 aromatic rings. The van der Waals surface area contributed by atoms with Crippen molar-refractivity contribution in [2.45, 2.75) is 0 Å². The van der Waals surface area contributed by atoms with E-state index < -0.39 is 18.3 Å². The van der Waals surface area contributed by atoms with Crippen LogP contribution < -0.4 is 5.73 Å². The van der Waals surface area contributed by atoms with Crippen LogP contribution >= 0.6 is 0 Å². The molecule has 12 heavy (non-hydrogen) atoms. The van der Waals surface area contributed by atoms with Crippen molar-refractivity contribution in [1.29, 1.82) is 0 Å². The van der Waals surface area contributed by atoms with Crippen molar-refractivity contribution in [2.24, 2.45) is 5.73 Å². The predicted octanol–water partition coefficient (Wildman–Crippen LogP) is -1.92. The van der Waals surface area contributed by atoms with E-state index in [-0.39, 0.29) is 11.6 Å². The summed E-state index contributed by atoms with van der Waals surface area (Å²) in [7, 11) is 0. The Morgan fingerprint density at radius 2 is 2.25 bits per heavy atom. The summed E-state index contributed by atoms with van der Waals surface area (Å²) in [5.74, 6) is -1.92. The Morgan fingerprint density at radius 1 is 1.58 bits per heavy atom. The van der Waals surface area contributed by atoms with Crippen LogP contribution in [-0.2, 0) is 0 Å². The van der Waals surface area contributed by atoms with E-state index in [1.807, 2.05) is 0 Å². The molecular formula is C5H6N4O3. The lowest BCUT2D eigenvalue weighted by molar-refractivity contribution is 0.0893. The SMILES string of the molecule is NC(=O)c1nc(C(=O)CO)n[nH]1. The molecule has 1 rings (SSSR count). The van der Waals surface area contributed by atoms with Gasteiger partial charge in [-0.25, -0.2) is 0 Å². The van der Waals surface area contributed by atoms with E-state index >= 15 is 0 Å². The standard InChI is InChI=1S/C5H6N4O3/c6-3(12)5-7-4(8-9-5)2(11)1-10/h10H,1H2,(H2,6,12)(H,7,8,9). The van der Waals surface area contributed by atoms with Crippen LogP contribution in [0.3, 0.4) is 0 Å². The summed E-state index contributed by atoms with van der Waals surface area (Å²) in [5, 5.41) is 13.9. The third-order valence-electron chi connectivity index (χ3n) is 1.11. The number of Topliss-reactive ketones (excluding diaryl/α,β-unsaturated/α-hetero) is 1. The maximum atomic E-state index is 10.7. The van der Waals surface area contributed by atoms with Gasteiger partial charge in [0.25, 0.3) is 5.91 Å². The number of nitrogens with two attached hydrogens (primary N) is 1. The summed E-state index contributed by atoms with van der Waals surface area (Å²) < 4.78 is 0. The number of nitrogens with one attached hydrogen (secondary N) is 1. The Kier molecular flexibility index (Phi) is 2.15. The predicted molar refractivity (Wildman–Crippen MR) is 36.3 cm³/mol. The number of carbonyl (C=O) groups excluding carboxylic acids is 2. The molecule has 0 saturated heterocycles. The van der Waals surface area contributed by atoms with Crippen molar-refractivity contribution >= 4 is 11.7 Å². The molecule has 0 radical (unpaired) electrons. The van der Waals surface area contributed by atoms with Gasteiger partial charge < -0.3 is 10.8 Å². The summed E-state index contributed by atoms with van der Waals surface area (Å²) in [6.07, 6.45) is 0. The second-order valence-electron chi connectivity index (χ2n) is 1.95. The molecule has 0 aliphatic rings. The molecule has 0 aliphatic carbocycles. The molecule has 1 aromatic heterocycles. The maximum Gasteiger partial charge on any atom is 0.286 e. The van der Waals surface area contributed by atoms with E-state index in [2.05, 4.69) is 15.2 Å². The summed E-state index contributed by atoms with van der Waals surface area (Å²) in [6.45, 7) is -0.698. The molecule has 0 spiro atoms. The molecular weight excluding hydrogens is 164 g/mol. The zero-order valence-electron chi connectivity index (χ0n) is 5.94. The van der Waals surface area contributed by atoms with Gasteiger partial charge in [0.2, 0.25) is 17.4 Å². The number of aromatic nitrogens is 3. The van der Waals surface area contributed by atoms with Crippen LogP contribution in [0.4, 0.5) is 0 Å². The number of H-pyrrole nitrogens is 1. The van der Waals surface area contributed by atoms with Gasteiger partial charge in [-0.15, -0.1) is 5.10 Å². The van der Waals surface area contributed by atoms with Crippen molar-refractivity contribution < 1.29 is 14.7 Å². The Hall–Kier alpha value is -1.76. The normalized spacial score (nSPS) is 9.75. The second-order valence-corrected chi connectivity index (χ2v) is 1.95. The number of hydrogen-bond acceptors (Lipinski definition) is 5. The Labute approximate surface area is 66.6 Å². The van der Waals surface area contributed by atoms with Gasteiger partial charge in [0.15, 0.2) is 0 Å². The summed E-state index contributed by atoms with van der Waals surface area (Å²) in [4.78, 5) is 24.6. The highest BCUT2D eigenvalue weighted by molar-refractivity contribution is 5.95. The number of aliphatic hydroxyl groups is 1. The molecule has 0 aliphatic heterocycles. The molecule has 1 amide bonds. The molecule has 7 nitrogen and oxygen atoms in total. The molecule has 0 atom stereocenters. The topological polar surface area (TPSA) is 122 Å². The first kappa shape index (κ1) is 8.34. The van der Waals surface area contributed by atoms with Crippen LogP contribution in [-0.4, -0.2) is 38.6 Å². The molecule has 4 N–H and O–H groups in total. The zero-order valence-corrected chi connectivity index (χ0v) is 5.94. The first-order chi connectivity index (χ1) is 5.65. The van der Waals surface area contributed by atoms with Gasteiger partial charge in [-0.3, -0.25) is 14.7 Å². The number of hydrogen-bond donors (Lipinski definition) is 3. The van der Waals surface area contributed by atoms with Crippen molar-refractivity contribution in [1.82, 2.24) is 15.2 Å². The first-order valence-corrected chi connectivity index (χ1v) is 3.01. The number of amides is 1. The third kappa shape index (κ3) is 1.45. The molecule has 7 heteroatoms. The smallest absolute Gasteiger partial charge is 0.286 e. The zero-order chi connectivity index (χ0) is 9.14. The molecule has 0 unspecified atom stereocenters. The fourth-order valence-electron chi connectivity index (χ4n) is 0.567. The van der Waals surface area contributed by atoms with Gasteiger partial charge >= 0.3 is 0 Å². The summed E-state index contributed by atoms with van der Waals surface area (Å²) in [5.41, 5.74) is 4.82. The fraction of sp³-hybridized carbons (Fsp3) is 0.200. The van der Waals surface area contributed by atoms with Gasteiger partial charge in [-0.05, 0) is 0 Å². The second kappa shape index (κ2) is 3.09. The van der Waals surface area contributed by atoms with Crippen LogP contribution in [0.2, 0.25) is 0 Å². The van der Waals surface area contributed by atoms with Gasteiger partial charge in [0, 0.05) is 0 Å². The Bertz CT molecular complexity index is 318. The van der Waals surface area contributed by atoms with E-state index in [4.69, 9.17) is 10.8 Å². The van der Waals surface area contributed by atoms with E-state index in [9.17, 15) is 9.59 Å². The molecule has 64 valence electrons. The van der Waals surface area contributed by atoms with E-state index in [1.54, 1.807) is 0 Å². The van der Waals surface area contributed by atoms with Gasteiger partial charge in [0.1, 0.15) is 6.61 Å². The summed E-state index contributed by atoms with van der Waals surface area (Å²) in [6, 6.07) is 0. The largest absolute Gasteiger partial charge is 0.388 e. The molecule has 0 fully saturated rings. The average Bonchev–Trinajstić information content (AvgIpc) is 2.51. The van der Waals surface area contributed by atoms with Crippen LogP contribution in [0, 0.1) is 0 Å². The van der Waals surface area contributed by atoms with Crippen molar-refractivity contribution in [3.8, 4) is 0 Å². The van der Waals surface area contributed by atoms with Gasteiger partial charge in [-0.2, -0.15) is 4.98 Å². The number of carbonyl (C=O) groups is 2. The maximum absolute atomic E-state index is 10.7. The van der Waals surface area contributed by atoms with Crippen molar-refractivity contribution in [3.63, 3.8) is 0 Å². The van der Waals surface area contributed by atoms with Crippen LogP contribution in [0.1, 0.15) is 21.2 Å². The highest BCUT2D eigenvalue weighted by atomic mass is 16.3. The fourth-order valence-corrected chi connectivity index (χ4v) is 0.567. The molecule has 0 bridgehead atoms. The van der Waals surface area contributed by atoms with Crippen LogP contribution in [0.15, 0.2) is 0 Å². The first-order valence-electron chi connectivity index (χ1n) is 3.01. The Balaban J connectivity index is 2.91. The number of aromatic amines is 1. The third-order valence-corrected chi connectivity index (χ3v) is 1.11. The van der Waals surface area contributed by atoms with Crippen LogP contribution in [0.25, 0.3) is 0 Å². The molecule has 0 saturated carbocycles. The minimum atomic E-state index is -0.806. The number of aliphatic hydroxyl groups excluding tert-OH is 1. The number of nitrogens with zero attached hydrogens (tertiary/aromatic N) is 2. The van der Waals surface area contributed by atoms with Crippen LogP contribution in [0.5, 0.6) is 0 Å². The number of rotatable bonds is 3. The average molecular weight is 170 g/mol. The van der Waals surface area contributed by atoms with Crippen molar-refractivity contribution in [2.75, 3.05) is 6.61 Å². The van der Waals surface area contributed by atoms with E-state index in [1.165, 1.54) is 0 Å². The van der Waals surface area contributed by atoms with Crippen molar-refractivity contribution in [3.05, 3.63) is 11.6 Å². The lowest BCUT2D eigenvalue weighted by atomic mass is 10.4. The quantitative estimate of drug-likeness (QED) is 0.456. The molecule has 1 heterocycles. The Morgan fingerprint density at radius 3 is 2.67 bits per heavy atom. The number of ketones is 1.